The van der Waals surface area contributed by atoms with Crippen molar-refractivity contribution in [2.75, 3.05) is 6.26 Å². The molecule has 1 aromatic heterocycles. The average Bonchev–Trinajstić information content (AvgIpc) is 3.28. The molecule has 0 spiro atoms. The van der Waals surface area contributed by atoms with Gasteiger partial charge in [-0.25, -0.2) is 13.4 Å². The molecule has 0 aliphatic heterocycles. The summed E-state index contributed by atoms with van der Waals surface area (Å²) in [5.41, 5.74) is -1.05. The number of nitrogens with zero attached hydrogens (tertiary/aromatic N) is 1. The number of benzene rings is 2. The number of nitrogens with one attached hydrogen (secondary N) is 1. The summed E-state index contributed by atoms with van der Waals surface area (Å²) in [6.45, 7) is 5.01. The number of carbonyl (C=O) groups excluding carboxylic acids is 1. The van der Waals surface area contributed by atoms with E-state index in [0.717, 1.165) is 17.6 Å². The predicted octanol–water partition coefficient (Wildman–Crippen LogP) is 6.86. The lowest BCUT2D eigenvalue weighted by Crippen LogP contribution is -2.25. The van der Waals surface area contributed by atoms with Crippen LogP contribution < -0.4 is 4.74 Å². The summed E-state index contributed by atoms with van der Waals surface area (Å²) in [5.74, 6) is -0.458. The summed E-state index contributed by atoms with van der Waals surface area (Å²) in [6.07, 6.45) is -4.57. The summed E-state index contributed by atoms with van der Waals surface area (Å²) >= 11 is 1.11. The van der Waals surface area contributed by atoms with E-state index >= 15 is 0 Å². The first-order valence-corrected chi connectivity index (χ1v) is 13.8. The van der Waals surface area contributed by atoms with Gasteiger partial charge in [0, 0.05) is 17.6 Å². The lowest BCUT2D eigenvalue weighted by Gasteiger charge is -2.17. The Morgan fingerprint density at radius 1 is 1.03 bits per heavy atom. The lowest BCUT2D eigenvalue weighted by molar-refractivity contribution is -0.142. The number of hydrogen-bond acceptors (Lipinski definition) is 7. The van der Waals surface area contributed by atoms with Gasteiger partial charge < -0.3 is 10.1 Å². The highest BCUT2D eigenvalue weighted by Crippen LogP contribution is 2.34. The molecule has 0 fully saturated rings. The fourth-order valence-corrected chi connectivity index (χ4v) is 4.60. The van der Waals surface area contributed by atoms with Gasteiger partial charge in [0.1, 0.15) is 11.4 Å². The average molecular weight is 551 g/mol. The maximum Gasteiger partial charge on any atom is 0.429 e. The number of esters is 1. The minimum atomic E-state index is -4.84. The van der Waals surface area contributed by atoms with E-state index in [-0.39, 0.29) is 22.0 Å². The maximum atomic E-state index is 13.3. The van der Waals surface area contributed by atoms with Crippen molar-refractivity contribution >= 4 is 44.3 Å². The Morgan fingerprint density at radius 3 is 2.32 bits per heavy atom. The van der Waals surface area contributed by atoms with Crippen LogP contribution in [-0.2, 0) is 14.6 Å². The number of aliphatic imine (C=N–C) groups is 1. The molecule has 3 rings (SSSR count). The second-order valence-corrected chi connectivity index (χ2v) is 12.2. The molecule has 0 unspecified atom stereocenters. The van der Waals surface area contributed by atoms with E-state index in [4.69, 9.17) is 10.1 Å². The molecule has 0 saturated heterocycles. The molecular weight excluding hydrogens is 525 g/mol. The van der Waals surface area contributed by atoms with Gasteiger partial charge in [-0.1, -0.05) is 24.3 Å². The normalized spacial score (nSPS) is 12.9. The quantitative estimate of drug-likeness (QED) is 0.197. The smallest absolute Gasteiger partial charge is 0.424 e. The molecule has 0 aliphatic carbocycles. The molecule has 3 aromatic rings. The summed E-state index contributed by atoms with van der Waals surface area (Å²) in [7, 11) is -3.46. The second-order valence-electron chi connectivity index (χ2n) is 9.32. The highest BCUT2D eigenvalue weighted by Gasteiger charge is 2.35. The number of hydrogen-bond donors (Lipinski definition) is 1. The van der Waals surface area contributed by atoms with Crippen LogP contribution in [0.3, 0.4) is 0 Å². The zero-order chi connectivity index (χ0) is 27.6. The Labute approximate surface area is 217 Å². The Balaban J connectivity index is 2.08. The van der Waals surface area contributed by atoms with Crippen molar-refractivity contribution in [1.29, 1.82) is 5.41 Å². The fourth-order valence-electron chi connectivity index (χ4n) is 3.03. The first-order chi connectivity index (χ1) is 17.1. The van der Waals surface area contributed by atoms with Crippen LogP contribution in [0, 0.1) is 10.8 Å². The van der Waals surface area contributed by atoms with Crippen LogP contribution >= 0.6 is 11.3 Å². The van der Waals surface area contributed by atoms with Gasteiger partial charge in [0.15, 0.2) is 15.6 Å². The van der Waals surface area contributed by atoms with Gasteiger partial charge >= 0.3 is 12.1 Å². The molecule has 11 heteroatoms. The Kier molecular flexibility index (Phi) is 8.09. The molecule has 0 radical (unpaired) electrons. The molecule has 196 valence electrons. The molecule has 0 aliphatic rings. The Bertz CT molecular complexity index is 1470. The van der Waals surface area contributed by atoms with Gasteiger partial charge in [-0.3, -0.25) is 4.79 Å². The first-order valence-electron chi connectivity index (χ1n) is 11.0. The minimum Gasteiger partial charge on any atom is -0.424 e. The number of rotatable bonds is 7. The molecular formula is C26H25F3N2O4S2. The topological polar surface area (TPSA) is 96.7 Å². The second kappa shape index (κ2) is 10.6. The SMILES string of the molecule is CC(C)(C)C(=O)Oc1ccccc1N=C(CC(=N)C(F)(F)F)c1cc(-c2cccc(S(C)(=O)=O)c2)cs1. The van der Waals surface area contributed by atoms with Crippen molar-refractivity contribution in [2.45, 2.75) is 38.3 Å². The minimum absolute atomic E-state index is 0.0444. The largest absolute Gasteiger partial charge is 0.429 e. The molecule has 0 bridgehead atoms. The van der Waals surface area contributed by atoms with Crippen LogP contribution in [0.5, 0.6) is 5.75 Å². The first kappa shape index (κ1) is 28.3. The van der Waals surface area contributed by atoms with Gasteiger partial charge in [-0.15, -0.1) is 11.3 Å². The molecule has 0 atom stereocenters. The summed E-state index contributed by atoms with van der Waals surface area (Å²) < 4.78 is 69.1. The zero-order valence-corrected chi connectivity index (χ0v) is 22.1. The highest BCUT2D eigenvalue weighted by atomic mass is 32.2. The number of thiophene rings is 1. The number of para-hydroxylation sites is 2. The number of alkyl halides is 3. The third kappa shape index (κ3) is 7.36. The summed E-state index contributed by atoms with van der Waals surface area (Å²) in [6, 6.07) is 14.0. The van der Waals surface area contributed by atoms with Crippen LogP contribution in [0.4, 0.5) is 18.9 Å². The van der Waals surface area contributed by atoms with Crippen molar-refractivity contribution in [1.82, 2.24) is 0 Å². The van der Waals surface area contributed by atoms with Crippen LogP contribution in [0.2, 0.25) is 0 Å². The standard InChI is InChI=1S/C26H25F3N2O4S2/c1-25(2,3)24(32)35-21-11-6-5-10-19(21)31-20(14-23(30)26(27,28)29)22-13-17(15-36-22)16-8-7-9-18(12-16)37(4,33)34/h5-13,15,30H,14H2,1-4H3. The number of sulfone groups is 1. The van der Waals surface area contributed by atoms with Crippen molar-refractivity contribution in [3.8, 4) is 16.9 Å². The number of halogens is 3. The monoisotopic (exact) mass is 550 g/mol. The fraction of sp³-hybridized carbons (Fsp3) is 0.269. The van der Waals surface area contributed by atoms with Crippen molar-refractivity contribution in [3.63, 3.8) is 0 Å². The maximum absolute atomic E-state index is 13.3. The molecule has 1 N–H and O–H groups in total. The number of ether oxygens (including phenoxy) is 1. The molecule has 6 nitrogen and oxygen atoms in total. The van der Waals surface area contributed by atoms with Crippen LogP contribution in [0.1, 0.15) is 32.1 Å². The van der Waals surface area contributed by atoms with Gasteiger partial charge in [-0.05, 0) is 67.6 Å². The van der Waals surface area contributed by atoms with Gasteiger partial charge in [0.05, 0.1) is 16.0 Å². The van der Waals surface area contributed by atoms with Crippen LogP contribution in [0.15, 0.2) is 69.9 Å². The summed E-state index contributed by atoms with van der Waals surface area (Å²) in [5, 5.41) is 9.22. The predicted molar refractivity (Wildman–Crippen MR) is 139 cm³/mol. The van der Waals surface area contributed by atoms with E-state index < -0.39 is 39.5 Å². The molecule has 0 saturated carbocycles. The third-order valence-corrected chi connectivity index (χ3v) is 7.19. The van der Waals surface area contributed by atoms with Crippen LogP contribution in [0.25, 0.3) is 11.1 Å². The van der Waals surface area contributed by atoms with E-state index in [2.05, 4.69) is 4.99 Å². The van der Waals surface area contributed by atoms with Gasteiger partial charge in [0.2, 0.25) is 0 Å². The van der Waals surface area contributed by atoms with Crippen molar-refractivity contribution < 1.29 is 31.1 Å². The Morgan fingerprint density at radius 2 is 1.70 bits per heavy atom. The van der Waals surface area contributed by atoms with E-state index in [9.17, 15) is 26.4 Å². The Hall–Kier alpha value is -3.31. The molecule has 0 amide bonds. The van der Waals surface area contributed by atoms with Crippen molar-refractivity contribution in [2.24, 2.45) is 10.4 Å². The third-order valence-electron chi connectivity index (χ3n) is 5.10. The van der Waals surface area contributed by atoms with Gasteiger partial charge in [-0.2, -0.15) is 13.2 Å². The van der Waals surface area contributed by atoms with E-state index in [1.165, 1.54) is 24.3 Å². The van der Waals surface area contributed by atoms with E-state index in [0.29, 0.717) is 16.0 Å². The molecule has 2 aromatic carbocycles. The van der Waals surface area contributed by atoms with Gasteiger partial charge in [0.25, 0.3) is 0 Å². The van der Waals surface area contributed by atoms with Crippen LogP contribution in [-0.4, -0.2) is 38.2 Å². The van der Waals surface area contributed by atoms with Crippen molar-refractivity contribution in [3.05, 3.63) is 64.9 Å². The molecule has 1 heterocycles. The van der Waals surface area contributed by atoms with E-state index in [1.807, 2.05) is 0 Å². The molecule has 37 heavy (non-hydrogen) atoms. The highest BCUT2D eigenvalue weighted by molar-refractivity contribution is 7.90. The number of carbonyl (C=O) groups is 1. The van der Waals surface area contributed by atoms with E-state index in [1.54, 1.807) is 56.5 Å². The zero-order valence-electron chi connectivity index (χ0n) is 20.5. The summed E-state index contributed by atoms with van der Waals surface area (Å²) in [4.78, 5) is 17.3. The lowest BCUT2D eigenvalue weighted by atomic mass is 9.97.